The zero-order chi connectivity index (χ0) is 12.3. The van der Waals surface area contributed by atoms with Gasteiger partial charge in [0.05, 0.1) is 12.6 Å². The molecule has 17 heavy (non-hydrogen) atoms. The van der Waals surface area contributed by atoms with E-state index in [1.165, 1.54) is 19.3 Å². The molecule has 0 saturated heterocycles. The van der Waals surface area contributed by atoms with Gasteiger partial charge in [-0.15, -0.1) is 0 Å². The number of aliphatic hydroxyl groups is 1. The van der Waals surface area contributed by atoms with Crippen LogP contribution in [0.25, 0.3) is 0 Å². The van der Waals surface area contributed by atoms with Crippen LogP contribution in [-0.4, -0.2) is 17.8 Å². The predicted molar refractivity (Wildman–Crippen MR) is 71.2 cm³/mol. The molecule has 2 N–H and O–H groups in total. The summed E-state index contributed by atoms with van der Waals surface area (Å²) in [6.07, 6.45) is 3.79. The van der Waals surface area contributed by atoms with Crippen LogP contribution in [0, 0.1) is 5.92 Å². The van der Waals surface area contributed by atoms with Gasteiger partial charge in [0, 0.05) is 11.1 Å². The first-order valence-corrected chi connectivity index (χ1v) is 6.71. The fourth-order valence-electron chi connectivity index (χ4n) is 2.60. The summed E-state index contributed by atoms with van der Waals surface area (Å²) in [4.78, 5) is 0. The third kappa shape index (κ3) is 3.21. The van der Waals surface area contributed by atoms with E-state index >= 15 is 0 Å². The zero-order valence-corrected chi connectivity index (χ0v) is 11.0. The fraction of sp³-hybridized carbons (Fsp3) is 0.571. The molecule has 1 aromatic rings. The van der Waals surface area contributed by atoms with Crippen molar-refractivity contribution < 1.29 is 5.11 Å². The average Bonchev–Trinajstić information content (AvgIpc) is 2.73. The second kappa shape index (κ2) is 5.85. The molecule has 94 valence electrons. The number of hydrogen-bond acceptors (Lipinski definition) is 2. The molecule has 1 fully saturated rings. The zero-order valence-electron chi connectivity index (χ0n) is 10.2. The van der Waals surface area contributed by atoms with E-state index in [4.69, 9.17) is 11.6 Å². The van der Waals surface area contributed by atoms with Crippen LogP contribution in [0.2, 0.25) is 5.02 Å². The summed E-state index contributed by atoms with van der Waals surface area (Å²) < 4.78 is 0. The van der Waals surface area contributed by atoms with E-state index in [1.807, 2.05) is 24.3 Å². The van der Waals surface area contributed by atoms with E-state index in [9.17, 15) is 5.11 Å². The topological polar surface area (TPSA) is 32.3 Å². The lowest BCUT2D eigenvalue weighted by molar-refractivity contribution is 0.225. The Kier molecular flexibility index (Phi) is 4.43. The van der Waals surface area contributed by atoms with Gasteiger partial charge in [0.25, 0.3) is 0 Å². The van der Waals surface area contributed by atoms with Gasteiger partial charge in [-0.3, -0.25) is 0 Å². The molecule has 0 bridgehead atoms. The lowest BCUT2D eigenvalue weighted by Crippen LogP contribution is -2.36. The number of halogens is 1. The Balaban J connectivity index is 2.03. The number of benzene rings is 1. The van der Waals surface area contributed by atoms with E-state index < -0.39 is 0 Å². The monoisotopic (exact) mass is 253 g/mol. The lowest BCUT2D eigenvalue weighted by atomic mass is 10.0. The van der Waals surface area contributed by atoms with Crippen molar-refractivity contribution in [3.05, 3.63) is 34.9 Å². The van der Waals surface area contributed by atoms with Gasteiger partial charge in [0.1, 0.15) is 0 Å². The maximum Gasteiger partial charge on any atom is 0.0626 e. The molecule has 0 spiro atoms. The van der Waals surface area contributed by atoms with Gasteiger partial charge in [0.2, 0.25) is 0 Å². The first-order valence-electron chi connectivity index (χ1n) is 6.33. The average molecular weight is 254 g/mol. The molecule has 1 aliphatic rings. The molecule has 2 rings (SSSR count). The summed E-state index contributed by atoms with van der Waals surface area (Å²) in [5.41, 5.74) is 1.11. The summed E-state index contributed by atoms with van der Waals surface area (Å²) in [5.74, 6) is 0.705. The molecule has 3 unspecified atom stereocenters. The van der Waals surface area contributed by atoms with Crippen LogP contribution in [0.3, 0.4) is 0 Å². The molecule has 0 radical (unpaired) electrons. The molecule has 3 atom stereocenters. The van der Waals surface area contributed by atoms with Crippen molar-refractivity contribution in [2.45, 2.75) is 38.3 Å². The smallest absolute Gasteiger partial charge is 0.0626 e. The lowest BCUT2D eigenvalue weighted by Gasteiger charge is -2.24. The number of aliphatic hydroxyl groups excluding tert-OH is 1. The highest BCUT2D eigenvalue weighted by atomic mass is 35.5. The third-order valence-electron chi connectivity index (χ3n) is 3.73. The molecule has 1 aliphatic carbocycles. The highest BCUT2D eigenvalue weighted by Crippen LogP contribution is 2.27. The highest BCUT2D eigenvalue weighted by molar-refractivity contribution is 6.30. The number of nitrogens with one attached hydrogen (secondary N) is 1. The Morgan fingerprint density at radius 2 is 2.06 bits per heavy atom. The molecule has 1 saturated carbocycles. The summed E-state index contributed by atoms with van der Waals surface area (Å²) in [6, 6.07) is 8.27. The van der Waals surface area contributed by atoms with Gasteiger partial charge in [-0.1, -0.05) is 37.1 Å². The van der Waals surface area contributed by atoms with Gasteiger partial charge >= 0.3 is 0 Å². The van der Waals surface area contributed by atoms with Crippen molar-refractivity contribution in [1.29, 1.82) is 0 Å². The molecular formula is C14H20ClNO. The molecule has 0 amide bonds. The van der Waals surface area contributed by atoms with E-state index in [-0.39, 0.29) is 12.6 Å². The molecule has 0 aliphatic heterocycles. The predicted octanol–water partition coefficient (Wildman–Crippen LogP) is 3.15. The minimum Gasteiger partial charge on any atom is -0.394 e. The van der Waals surface area contributed by atoms with Crippen molar-refractivity contribution in [3.8, 4) is 0 Å². The van der Waals surface area contributed by atoms with E-state index in [2.05, 4.69) is 12.2 Å². The molecule has 3 heteroatoms. The summed E-state index contributed by atoms with van der Waals surface area (Å²) in [6.45, 7) is 2.41. The van der Waals surface area contributed by atoms with Gasteiger partial charge in [0.15, 0.2) is 0 Å². The third-order valence-corrected chi connectivity index (χ3v) is 3.98. The second-order valence-corrected chi connectivity index (χ2v) is 5.40. The summed E-state index contributed by atoms with van der Waals surface area (Å²) in [5, 5.41) is 13.8. The molecule has 0 heterocycles. The quantitative estimate of drug-likeness (QED) is 0.864. The van der Waals surface area contributed by atoms with Gasteiger partial charge < -0.3 is 10.4 Å². The fourth-order valence-corrected chi connectivity index (χ4v) is 2.73. The standard InChI is InChI=1S/C14H20ClNO/c1-10-3-2-4-13(10)16-14(9-17)11-5-7-12(15)8-6-11/h5-8,10,13-14,16-17H,2-4,9H2,1H3. The van der Waals surface area contributed by atoms with Gasteiger partial charge in [-0.2, -0.15) is 0 Å². The van der Waals surface area contributed by atoms with E-state index in [0.717, 1.165) is 10.6 Å². The van der Waals surface area contributed by atoms with Gasteiger partial charge in [-0.05, 0) is 36.5 Å². The largest absolute Gasteiger partial charge is 0.394 e. The van der Waals surface area contributed by atoms with E-state index in [0.29, 0.717) is 12.0 Å². The van der Waals surface area contributed by atoms with Crippen molar-refractivity contribution in [3.63, 3.8) is 0 Å². The Morgan fingerprint density at radius 1 is 1.35 bits per heavy atom. The molecule has 2 nitrogen and oxygen atoms in total. The highest BCUT2D eigenvalue weighted by Gasteiger charge is 2.25. The Bertz CT molecular complexity index is 352. The summed E-state index contributed by atoms with van der Waals surface area (Å²) >= 11 is 5.87. The van der Waals surface area contributed by atoms with Crippen LogP contribution in [0.4, 0.5) is 0 Å². The van der Waals surface area contributed by atoms with Crippen molar-refractivity contribution in [2.75, 3.05) is 6.61 Å². The summed E-state index contributed by atoms with van der Waals surface area (Å²) in [7, 11) is 0. The molecule has 0 aromatic heterocycles. The van der Waals surface area contributed by atoms with Gasteiger partial charge in [-0.25, -0.2) is 0 Å². The van der Waals surface area contributed by atoms with Crippen molar-refractivity contribution in [2.24, 2.45) is 5.92 Å². The van der Waals surface area contributed by atoms with Crippen LogP contribution in [-0.2, 0) is 0 Å². The second-order valence-electron chi connectivity index (χ2n) is 4.97. The molecular weight excluding hydrogens is 234 g/mol. The normalized spacial score (nSPS) is 26.1. The first-order chi connectivity index (χ1) is 8.20. The van der Waals surface area contributed by atoms with Crippen LogP contribution in [0.15, 0.2) is 24.3 Å². The Morgan fingerprint density at radius 3 is 2.59 bits per heavy atom. The van der Waals surface area contributed by atoms with Crippen LogP contribution in [0.1, 0.15) is 37.8 Å². The Hall–Kier alpha value is -0.570. The van der Waals surface area contributed by atoms with E-state index in [1.54, 1.807) is 0 Å². The SMILES string of the molecule is CC1CCCC1NC(CO)c1ccc(Cl)cc1. The van der Waals surface area contributed by atoms with Crippen molar-refractivity contribution >= 4 is 11.6 Å². The maximum atomic E-state index is 9.50. The van der Waals surface area contributed by atoms with Crippen molar-refractivity contribution in [1.82, 2.24) is 5.32 Å². The van der Waals surface area contributed by atoms with Crippen LogP contribution >= 0.6 is 11.6 Å². The van der Waals surface area contributed by atoms with Crippen LogP contribution in [0.5, 0.6) is 0 Å². The first kappa shape index (κ1) is 12.9. The minimum absolute atomic E-state index is 0.0258. The maximum absolute atomic E-state index is 9.50. The van der Waals surface area contributed by atoms with Crippen LogP contribution < -0.4 is 5.32 Å². The molecule has 1 aromatic carbocycles. The number of hydrogen-bond donors (Lipinski definition) is 2. The minimum atomic E-state index is 0.0258. The Labute approximate surface area is 108 Å². The number of rotatable bonds is 4.